The molecule has 36 heavy (non-hydrogen) atoms. The molecule has 3 aromatic heterocycles. The lowest BCUT2D eigenvalue weighted by Crippen LogP contribution is -2.02. The van der Waals surface area contributed by atoms with E-state index < -0.39 is 0 Å². The van der Waals surface area contributed by atoms with Crippen molar-refractivity contribution >= 4 is 22.3 Å². The minimum Gasteiger partial charge on any atom is -0.497 e. The third kappa shape index (κ3) is 4.56. The van der Waals surface area contributed by atoms with Gasteiger partial charge in [-0.2, -0.15) is 5.21 Å². The maximum atomic E-state index is 6.13. The second kappa shape index (κ2) is 9.63. The maximum Gasteiger partial charge on any atom is 0.178 e. The molecule has 0 spiro atoms. The number of ether oxygens (including phenoxy) is 2. The maximum absolute atomic E-state index is 6.13. The van der Waals surface area contributed by atoms with Crippen molar-refractivity contribution in [3.8, 4) is 33.5 Å². The predicted molar refractivity (Wildman–Crippen MR) is 137 cm³/mol. The third-order valence-corrected chi connectivity index (χ3v) is 6.70. The summed E-state index contributed by atoms with van der Waals surface area (Å²) in [6, 6.07) is 23.8. The number of thiazole rings is 1. The average molecular weight is 496 g/mol. The summed E-state index contributed by atoms with van der Waals surface area (Å²) < 4.78 is 17.5. The minimum absolute atomic E-state index is 0.432. The second-order valence-corrected chi connectivity index (χ2v) is 9.00. The van der Waals surface area contributed by atoms with Crippen molar-refractivity contribution < 1.29 is 13.9 Å². The van der Waals surface area contributed by atoms with Gasteiger partial charge >= 0.3 is 0 Å². The lowest BCUT2D eigenvalue weighted by Gasteiger charge is -2.10. The number of nitrogens with zero attached hydrogens (tertiary/aromatic N) is 4. The summed E-state index contributed by atoms with van der Waals surface area (Å²) in [6.07, 6.45) is 0.590. The van der Waals surface area contributed by atoms with Crippen molar-refractivity contribution in [1.29, 1.82) is 0 Å². The molecule has 0 atom stereocenters. The number of hydrogen-bond acceptors (Lipinski definition) is 8. The zero-order chi connectivity index (χ0) is 24.3. The van der Waals surface area contributed by atoms with E-state index in [1.165, 1.54) is 0 Å². The van der Waals surface area contributed by atoms with E-state index in [0.717, 1.165) is 55.6 Å². The number of methoxy groups -OCH3 is 1. The highest BCUT2D eigenvalue weighted by Crippen LogP contribution is 2.34. The van der Waals surface area contributed by atoms with Crippen LogP contribution in [0.25, 0.3) is 33.0 Å². The van der Waals surface area contributed by atoms with Gasteiger partial charge in [0, 0.05) is 22.8 Å². The second-order valence-electron chi connectivity index (χ2n) is 8.14. The molecule has 178 valence electrons. The summed E-state index contributed by atoms with van der Waals surface area (Å²) in [6.45, 7) is 0.432. The average Bonchev–Trinajstić information content (AvgIpc) is 3.69. The first-order valence-electron chi connectivity index (χ1n) is 11.3. The number of benzene rings is 3. The molecule has 6 aromatic rings. The monoisotopic (exact) mass is 495 g/mol. The molecule has 0 saturated heterocycles. The van der Waals surface area contributed by atoms with Crippen LogP contribution in [0.1, 0.15) is 17.0 Å². The molecule has 9 heteroatoms. The fourth-order valence-corrected chi connectivity index (χ4v) is 4.74. The lowest BCUT2D eigenvalue weighted by molar-refractivity contribution is 0.305. The largest absolute Gasteiger partial charge is 0.497 e. The van der Waals surface area contributed by atoms with Gasteiger partial charge in [0.25, 0.3) is 0 Å². The molecule has 1 N–H and O–H groups in total. The molecule has 0 bridgehead atoms. The van der Waals surface area contributed by atoms with E-state index >= 15 is 0 Å². The van der Waals surface area contributed by atoms with E-state index in [-0.39, 0.29) is 0 Å². The number of furan rings is 1. The van der Waals surface area contributed by atoms with Crippen LogP contribution < -0.4 is 9.47 Å². The van der Waals surface area contributed by atoms with Gasteiger partial charge < -0.3 is 13.9 Å². The molecule has 3 heterocycles. The lowest BCUT2D eigenvalue weighted by atomic mass is 10.1. The van der Waals surface area contributed by atoms with E-state index in [0.29, 0.717) is 18.9 Å². The van der Waals surface area contributed by atoms with Crippen LogP contribution in [-0.2, 0) is 13.0 Å². The number of tetrazole rings is 1. The van der Waals surface area contributed by atoms with Crippen molar-refractivity contribution in [3.63, 3.8) is 0 Å². The van der Waals surface area contributed by atoms with Gasteiger partial charge in [0.15, 0.2) is 16.6 Å². The number of aromatic nitrogens is 5. The van der Waals surface area contributed by atoms with Gasteiger partial charge in [-0.25, -0.2) is 4.98 Å². The fraction of sp³-hybridized carbons (Fsp3) is 0.111. The number of rotatable bonds is 8. The predicted octanol–water partition coefficient (Wildman–Crippen LogP) is 5.91. The van der Waals surface area contributed by atoms with Crippen molar-refractivity contribution in [2.75, 3.05) is 7.11 Å². The highest BCUT2D eigenvalue weighted by atomic mass is 32.1. The Morgan fingerprint density at radius 3 is 2.58 bits per heavy atom. The van der Waals surface area contributed by atoms with Crippen LogP contribution in [0.4, 0.5) is 0 Å². The molecule has 0 aliphatic carbocycles. The van der Waals surface area contributed by atoms with Crippen LogP contribution in [0.5, 0.6) is 11.5 Å². The highest BCUT2D eigenvalue weighted by molar-refractivity contribution is 7.13. The normalized spacial score (nSPS) is 11.1. The Bertz CT molecular complexity index is 1610. The molecule has 0 amide bonds. The Hall–Kier alpha value is -4.50. The Labute approximate surface area is 210 Å². The first-order valence-corrected chi connectivity index (χ1v) is 12.2. The summed E-state index contributed by atoms with van der Waals surface area (Å²) in [5.41, 5.74) is 4.90. The van der Waals surface area contributed by atoms with E-state index in [2.05, 4.69) is 26.7 Å². The van der Waals surface area contributed by atoms with Crippen molar-refractivity contribution in [2.45, 2.75) is 13.0 Å². The van der Waals surface area contributed by atoms with Crippen molar-refractivity contribution in [2.24, 2.45) is 0 Å². The number of nitrogens with one attached hydrogen (secondary N) is 1. The molecule has 0 saturated carbocycles. The van der Waals surface area contributed by atoms with Gasteiger partial charge in [0.2, 0.25) is 0 Å². The molecule has 8 nitrogen and oxygen atoms in total. The summed E-state index contributed by atoms with van der Waals surface area (Å²) in [4.78, 5) is 4.78. The molecular weight excluding hydrogens is 474 g/mol. The van der Waals surface area contributed by atoms with Crippen LogP contribution in [0.15, 0.2) is 82.6 Å². The zero-order valence-electron chi connectivity index (χ0n) is 19.3. The zero-order valence-corrected chi connectivity index (χ0v) is 20.2. The molecule has 0 fully saturated rings. The highest BCUT2D eigenvalue weighted by Gasteiger charge is 2.13. The van der Waals surface area contributed by atoms with Crippen LogP contribution in [-0.4, -0.2) is 32.7 Å². The van der Waals surface area contributed by atoms with E-state index in [1.807, 2.05) is 72.1 Å². The minimum atomic E-state index is 0.432. The van der Waals surface area contributed by atoms with Gasteiger partial charge in [0.1, 0.15) is 23.7 Å². The fourth-order valence-electron chi connectivity index (χ4n) is 3.96. The van der Waals surface area contributed by atoms with Gasteiger partial charge in [-0.3, -0.25) is 0 Å². The van der Waals surface area contributed by atoms with Crippen molar-refractivity contribution in [1.82, 2.24) is 25.6 Å². The molecule has 3 aromatic carbocycles. The Morgan fingerprint density at radius 1 is 0.944 bits per heavy atom. The van der Waals surface area contributed by atoms with Gasteiger partial charge in [-0.1, -0.05) is 29.5 Å². The summed E-state index contributed by atoms with van der Waals surface area (Å²) >= 11 is 1.55. The Morgan fingerprint density at radius 2 is 1.78 bits per heavy atom. The first-order chi connectivity index (χ1) is 17.7. The number of hydrogen-bond donors (Lipinski definition) is 1. The summed E-state index contributed by atoms with van der Waals surface area (Å²) in [5.74, 6) is 2.96. The van der Waals surface area contributed by atoms with E-state index in [4.69, 9.17) is 18.9 Å². The molecule has 0 radical (unpaired) electrons. The molecule has 0 unspecified atom stereocenters. The smallest absolute Gasteiger partial charge is 0.178 e. The molecule has 6 rings (SSSR count). The van der Waals surface area contributed by atoms with E-state index in [9.17, 15) is 0 Å². The Kier molecular flexibility index (Phi) is 5.88. The van der Waals surface area contributed by atoms with Crippen molar-refractivity contribution in [3.05, 3.63) is 95.1 Å². The van der Waals surface area contributed by atoms with Crippen LogP contribution in [0.3, 0.4) is 0 Å². The molecule has 0 aliphatic rings. The summed E-state index contributed by atoms with van der Waals surface area (Å²) in [7, 11) is 1.66. The first kappa shape index (κ1) is 22.0. The third-order valence-electron chi connectivity index (χ3n) is 5.84. The SMILES string of the molecule is COc1ccc(-c2csc(-c3cc4cc(OCc5ccccc5Cc5nn[nH]n5)ccc4o3)n2)cc1. The number of fused-ring (bicyclic) bond motifs is 1. The number of H-pyrrole nitrogens is 1. The quantitative estimate of drug-likeness (QED) is 0.280. The van der Waals surface area contributed by atoms with Gasteiger partial charge in [0.05, 0.1) is 12.8 Å². The van der Waals surface area contributed by atoms with Gasteiger partial charge in [-0.05, 0) is 59.7 Å². The number of aromatic amines is 1. The Balaban J connectivity index is 1.19. The standard InChI is InChI=1S/C27H21N5O3S/c1-33-21-8-6-17(7-9-21)23-16-36-27(28-23)25-13-20-12-22(10-11-24(20)35-25)34-15-19-5-3-2-4-18(19)14-26-29-31-32-30-26/h2-13,16H,14-15H2,1H3,(H,29,30,31,32). The summed E-state index contributed by atoms with van der Waals surface area (Å²) in [5, 5.41) is 18.0. The van der Waals surface area contributed by atoms with Crippen LogP contribution in [0, 0.1) is 0 Å². The van der Waals surface area contributed by atoms with Crippen LogP contribution in [0.2, 0.25) is 0 Å². The van der Waals surface area contributed by atoms with Crippen LogP contribution >= 0.6 is 11.3 Å². The van der Waals surface area contributed by atoms with Gasteiger partial charge in [-0.15, -0.1) is 21.5 Å². The van der Waals surface area contributed by atoms with E-state index in [1.54, 1.807) is 18.4 Å². The molecular formula is C27H21N5O3S. The molecule has 0 aliphatic heterocycles. The topological polar surface area (TPSA) is 99.0 Å².